The molecule has 1 saturated heterocycles. The van der Waals surface area contributed by atoms with Gasteiger partial charge >= 0.3 is 12.1 Å². The number of nitrogens with one attached hydrogen (secondary N) is 1. The number of nitrogens with zero attached hydrogens (tertiary/aromatic N) is 1. The highest BCUT2D eigenvalue weighted by atomic mass is 16.6. The molecule has 5 rings (SSSR count). The van der Waals surface area contributed by atoms with Crippen molar-refractivity contribution in [2.24, 2.45) is 5.92 Å². The van der Waals surface area contributed by atoms with Crippen molar-refractivity contribution >= 4 is 12.1 Å². The summed E-state index contributed by atoms with van der Waals surface area (Å²) in [6.07, 6.45) is 0.555. The van der Waals surface area contributed by atoms with Crippen LogP contribution in [-0.4, -0.2) is 29.8 Å². The van der Waals surface area contributed by atoms with Gasteiger partial charge in [0.2, 0.25) is 0 Å². The van der Waals surface area contributed by atoms with Gasteiger partial charge in [-0.25, -0.2) is 4.79 Å². The summed E-state index contributed by atoms with van der Waals surface area (Å²) in [5.41, 5.74) is 4.84. The Labute approximate surface area is 264 Å². The van der Waals surface area contributed by atoms with Crippen molar-refractivity contribution in [2.75, 3.05) is 0 Å². The first-order chi connectivity index (χ1) is 21.7. The van der Waals surface area contributed by atoms with Gasteiger partial charge in [0, 0.05) is 12.5 Å². The molecule has 1 aliphatic rings. The lowest BCUT2D eigenvalue weighted by atomic mass is 9.89. The van der Waals surface area contributed by atoms with Gasteiger partial charge in [0.15, 0.2) is 0 Å². The van der Waals surface area contributed by atoms with Crippen LogP contribution < -0.4 is 10.1 Å². The smallest absolute Gasteiger partial charge is 0.407 e. The summed E-state index contributed by atoms with van der Waals surface area (Å²) in [6, 6.07) is 34.9. The van der Waals surface area contributed by atoms with Crippen LogP contribution in [0.5, 0.6) is 5.75 Å². The number of carbonyl (C=O) groups is 2. The molecule has 7 heteroatoms. The molecule has 0 spiro atoms. The number of alkyl carbamates (subject to hydrolysis) is 1. The first-order valence-corrected chi connectivity index (χ1v) is 15.2. The second kappa shape index (κ2) is 14.1. The predicted molar refractivity (Wildman–Crippen MR) is 172 cm³/mol. The van der Waals surface area contributed by atoms with Crippen molar-refractivity contribution in [3.8, 4) is 22.9 Å². The van der Waals surface area contributed by atoms with Crippen LogP contribution in [0.2, 0.25) is 0 Å². The van der Waals surface area contributed by atoms with E-state index in [4.69, 9.17) is 14.2 Å². The highest BCUT2D eigenvalue weighted by Gasteiger charge is 2.41. The zero-order valence-electron chi connectivity index (χ0n) is 25.9. The molecular weight excluding hydrogens is 564 g/mol. The van der Waals surface area contributed by atoms with Gasteiger partial charge in [-0.05, 0) is 79.6 Å². The van der Waals surface area contributed by atoms with Crippen LogP contribution >= 0.6 is 0 Å². The summed E-state index contributed by atoms with van der Waals surface area (Å²) in [7, 11) is 0. The minimum atomic E-state index is -0.676. The van der Waals surface area contributed by atoms with Gasteiger partial charge in [0.05, 0.1) is 17.6 Å². The number of rotatable bonds is 10. The summed E-state index contributed by atoms with van der Waals surface area (Å²) < 4.78 is 17.3. The van der Waals surface area contributed by atoms with Gasteiger partial charge < -0.3 is 19.5 Å². The normalized spacial score (nSPS) is 16.7. The largest absolute Gasteiger partial charge is 0.489 e. The Hall–Kier alpha value is -5.09. The maximum Gasteiger partial charge on any atom is 0.407 e. The number of benzene rings is 4. The monoisotopic (exact) mass is 602 g/mol. The van der Waals surface area contributed by atoms with Crippen molar-refractivity contribution in [3.63, 3.8) is 0 Å². The Balaban J connectivity index is 1.25. The molecule has 0 unspecified atom stereocenters. The van der Waals surface area contributed by atoms with Crippen LogP contribution in [0, 0.1) is 17.2 Å². The average molecular weight is 603 g/mol. The molecule has 1 aliphatic heterocycles. The summed E-state index contributed by atoms with van der Waals surface area (Å²) in [5, 5.41) is 12.4. The Bertz CT molecular complexity index is 1640. The van der Waals surface area contributed by atoms with Gasteiger partial charge in [-0.15, -0.1) is 0 Å². The number of hydrogen-bond acceptors (Lipinski definition) is 6. The highest BCUT2D eigenvalue weighted by molar-refractivity contribution is 5.77. The fraction of sp³-hybridized carbons (Fsp3) is 0.289. The fourth-order valence-corrected chi connectivity index (χ4v) is 5.52. The SMILES string of the molecule is CC(C)(C)OC(=O)N[C@@H](Cc1ccc(OCc2ccccc2)cc1)[C@H]1C[C@@H](Cc2ccc(-c3ccccc3C#N)cc2)OC1=O. The third-order valence-corrected chi connectivity index (χ3v) is 7.69. The maximum absolute atomic E-state index is 13.2. The molecule has 1 fully saturated rings. The topological polar surface area (TPSA) is 97.7 Å². The van der Waals surface area contributed by atoms with Crippen LogP contribution in [-0.2, 0) is 33.7 Å². The number of nitriles is 1. The molecule has 230 valence electrons. The lowest BCUT2D eigenvalue weighted by Crippen LogP contribution is -2.45. The number of amides is 1. The molecule has 0 aromatic heterocycles. The molecule has 7 nitrogen and oxygen atoms in total. The number of ether oxygens (including phenoxy) is 3. The zero-order valence-corrected chi connectivity index (χ0v) is 25.9. The van der Waals surface area contributed by atoms with E-state index in [9.17, 15) is 14.9 Å². The molecule has 0 saturated carbocycles. The number of carbonyl (C=O) groups excluding carboxylic acids is 2. The Kier molecular flexibility index (Phi) is 9.84. The van der Waals surface area contributed by atoms with Crippen LogP contribution in [0.1, 0.15) is 49.4 Å². The quantitative estimate of drug-likeness (QED) is 0.190. The first kappa shape index (κ1) is 31.3. The number of hydrogen-bond donors (Lipinski definition) is 1. The van der Waals surface area contributed by atoms with Crippen LogP contribution in [0.3, 0.4) is 0 Å². The standard InChI is InChI=1S/C38H38N2O5/c1-38(2,3)45-37(42)40-35(22-27-15-19-31(20-16-27)43-25-28-9-5-4-6-10-28)34-23-32(44-36(34)41)21-26-13-17-29(18-14-26)33-12-8-7-11-30(33)24-39/h4-20,32,34-35H,21-23,25H2,1-3H3,(H,40,42)/t32-,34-,35+/m1/s1. The molecule has 45 heavy (non-hydrogen) atoms. The lowest BCUT2D eigenvalue weighted by molar-refractivity contribution is -0.144. The Morgan fingerprint density at radius 1 is 0.911 bits per heavy atom. The molecule has 0 bridgehead atoms. The predicted octanol–water partition coefficient (Wildman–Crippen LogP) is 7.41. The lowest BCUT2D eigenvalue weighted by Gasteiger charge is -2.26. The van der Waals surface area contributed by atoms with Crippen LogP contribution in [0.15, 0.2) is 103 Å². The van der Waals surface area contributed by atoms with E-state index in [1.54, 1.807) is 26.8 Å². The molecule has 4 aromatic rings. The van der Waals surface area contributed by atoms with Gasteiger partial charge in [-0.3, -0.25) is 4.79 Å². The Morgan fingerprint density at radius 2 is 1.58 bits per heavy atom. The minimum absolute atomic E-state index is 0.323. The molecule has 1 N–H and O–H groups in total. The number of cyclic esters (lactones) is 1. The third kappa shape index (κ3) is 8.73. The van der Waals surface area contributed by atoms with Gasteiger partial charge in [-0.2, -0.15) is 5.26 Å². The van der Waals surface area contributed by atoms with E-state index in [1.165, 1.54) is 0 Å². The molecule has 1 heterocycles. The summed E-state index contributed by atoms with van der Waals surface area (Å²) in [5.74, 6) is -0.122. The van der Waals surface area contributed by atoms with Crippen molar-refractivity contribution in [1.82, 2.24) is 5.32 Å². The van der Waals surface area contributed by atoms with Gasteiger partial charge in [0.1, 0.15) is 24.1 Å². The molecule has 0 radical (unpaired) electrons. The van der Waals surface area contributed by atoms with Gasteiger partial charge in [-0.1, -0.05) is 84.9 Å². The van der Waals surface area contributed by atoms with Crippen molar-refractivity contribution in [2.45, 2.75) is 64.4 Å². The third-order valence-electron chi connectivity index (χ3n) is 7.69. The minimum Gasteiger partial charge on any atom is -0.489 e. The second-order valence-electron chi connectivity index (χ2n) is 12.3. The first-order valence-electron chi connectivity index (χ1n) is 15.2. The molecular formula is C38H38N2O5. The summed E-state index contributed by atoms with van der Waals surface area (Å²) in [6.45, 7) is 5.88. The zero-order chi connectivity index (χ0) is 31.8. The molecule has 4 aromatic carbocycles. The molecule has 0 aliphatic carbocycles. The van der Waals surface area contributed by atoms with E-state index in [1.807, 2.05) is 97.1 Å². The highest BCUT2D eigenvalue weighted by Crippen LogP contribution is 2.30. The summed E-state index contributed by atoms with van der Waals surface area (Å²) in [4.78, 5) is 26.0. The van der Waals surface area contributed by atoms with E-state index in [-0.39, 0.29) is 12.1 Å². The van der Waals surface area contributed by atoms with E-state index >= 15 is 0 Å². The van der Waals surface area contributed by atoms with E-state index < -0.39 is 23.7 Å². The van der Waals surface area contributed by atoms with Crippen molar-refractivity contribution < 1.29 is 23.8 Å². The van der Waals surface area contributed by atoms with Crippen LogP contribution in [0.25, 0.3) is 11.1 Å². The second-order valence-corrected chi connectivity index (χ2v) is 12.3. The van der Waals surface area contributed by atoms with E-state index in [0.717, 1.165) is 33.6 Å². The van der Waals surface area contributed by atoms with Crippen molar-refractivity contribution in [3.05, 3.63) is 125 Å². The molecule has 1 amide bonds. The van der Waals surface area contributed by atoms with Crippen molar-refractivity contribution in [1.29, 1.82) is 5.26 Å². The van der Waals surface area contributed by atoms with E-state index in [2.05, 4.69) is 11.4 Å². The van der Waals surface area contributed by atoms with E-state index in [0.29, 0.717) is 31.4 Å². The number of esters is 1. The summed E-state index contributed by atoms with van der Waals surface area (Å²) >= 11 is 0. The fourth-order valence-electron chi connectivity index (χ4n) is 5.52. The maximum atomic E-state index is 13.2. The van der Waals surface area contributed by atoms with Gasteiger partial charge in [0.25, 0.3) is 0 Å². The Morgan fingerprint density at radius 3 is 2.27 bits per heavy atom. The van der Waals surface area contributed by atoms with Crippen LogP contribution in [0.4, 0.5) is 4.79 Å². The molecule has 3 atom stereocenters. The average Bonchev–Trinajstić information content (AvgIpc) is 3.39.